The van der Waals surface area contributed by atoms with Crippen molar-refractivity contribution in [2.75, 3.05) is 0 Å². The summed E-state index contributed by atoms with van der Waals surface area (Å²) in [7, 11) is 0. The second-order valence-electron chi connectivity index (χ2n) is 5.84. The Hall–Kier alpha value is -1.91. The van der Waals surface area contributed by atoms with Crippen molar-refractivity contribution in [2.24, 2.45) is 4.99 Å². The average molecular weight is 359 g/mol. The lowest BCUT2D eigenvalue weighted by Gasteiger charge is -2.03. The van der Waals surface area contributed by atoms with Crippen LogP contribution in [0.25, 0.3) is 10.2 Å². The van der Waals surface area contributed by atoms with Crippen molar-refractivity contribution in [1.82, 2.24) is 4.57 Å². The molecular weight excluding hydrogens is 340 g/mol. The van der Waals surface area contributed by atoms with Crippen LogP contribution in [0, 0.1) is 13.8 Å². The molecule has 1 amide bonds. The molecule has 2 aromatic carbocycles. The van der Waals surface area contributed by atoms with Gasteiger partial charge >= 0.3 is 0 Å². The molecule has 0 saturated carbocycles. The Kier molecular flexibility index (Phi) is 4.88. The van der Waals surface area contributed by atoms with Crippen LogP contribution in [0.5, 0.6) is 0 Å². The average Bonchev–Trinajstić information content (AvgIpc) is 2.86. The van der Waals surface area contributed by atoms with Crippen molar-refractivity contribution >= 4 is 39.1 Å². The van der Waals surface area contributed by atoms with Crippen LogP contribution in [0.2, 0.25) is 5.02 Å². The molecule has 0 unspecified atom stereocenters. The molecule has 3 aromatic rings. The van der Waals surface area contributed by atoms with E-state index in [1.807, 2.05) is 37.3 Å². The summed E-state index contributed by atoms with van der Waals surface area (Å²) in [4.78, 5) is 17.5. The SMILES string of the molecule is CCn1c(=NC(=O)Cc2ccc(C)c(C)c2)sc2cc(Cl)ccc21. The largest absolute Gasteiger partial charge is 0.317 e. The molecule has 3 rings (SSSR count). The highest BCUT2D eigenvalue weighted by atomic mass is 35.5. The maximum absolute atomic E-state index is 12.4. The lowest BCUT2D eigenvalue weighted by atomic mass is 10.0. The zero-order valence-electron chi connectivity index (χ0n) is 14.0. The normalized spacial score (nSPS) is 12.1. The minimum Gasteiger partial charge on any atom is -0.317 e. The summed E-state index contributed by atoms with van der Waals surface area (Å²) in [5.41, 5.74) is 4.48. The number of benzene rings is 2. The first kappa shape index (κ1) is 16.9. The predicted molar refractivity (Wildman–Crippen MR) is 101 cm³/mol. The van der Waals surface area contributed by atoms with Crippen LogP contribution in [-0.4, -0.2) is 10.5 Å². The van der Waals surface area contributed by atoms with Gasteiger partial charge in [0.1, 0.15) is 0 Å². The van der Waals surface area contributed by atoms with Crippen LogP contribution in [-0.2, 0) is 17.8 Å². The Labute approximate surface area is 150 Å². The number of carbonyl (C=O) groups is 1. The zero-order chi connectivity index (χ0) is 17.3. The molecule has 0 N–H and O–H groups in total. The summed E-state index contributed by atoms with van der Waals surface area (Å²) in [5.74, 6) is -0.127. The highest BCUT2D eigenvalue weighted by Crippen LogP contribution is 2.21. The molecule has 5 heteroatoms. The molecular formula is C19H19ClN2OS. The number of nitrogens with zero attached hydrogens (tertiary/aromatic N) is 2. The topological polar surface area (TPSA) is 34.4 Å². The van der Waals surface area contributed by atoms with Gasteiger partial charge in [0.05, 0.1) is 16.6 Å². The molecule has 0 fully saturated rings. The quantitative estimate of drug-likeness (QED) is 0.670. The first-order valence-corrected chi connectivity index (χ1v) is 9.10. The lowest BCUT2D eigenvalue weighted by molar-refractivity contribution is -0.117. The smallest absolute Gasteiger partial charge is 0.252 e. The van der Waals surface area contributed by atoms with E-state index in [0.29, 0.717) is 11.4 Å². The summed E-state index contributed by atoms with van der Waals surface area (Å²) < 4.78 is 3.09. The molecule has 0 spiro atoms. The molecule has 3 nitrogen and oxygen atoms in total. The van der Waals surface area contributed by atoms with Gasteiger partial charge in [-0.05, 0) is 55.7 Å². The third kappa shape index (κ3) is 3.45. The van der Waals surface area contributed by atoms with Gasteiger partial charge in [0.15, 0.2) is 4.80 Å². The van der Waals surface area contributed by atoms with E-state index in [4.69, 9.17) is 11.6 Å². The molecule has 0 bridgehead atoms. The summed E-state index contributed by atoms with van der Waals surface area (Å²) in [6.45, 7) is 6.93. The number of thiazole rings is 1. The number of hydrogen-bond donors (Lipinski definition) is 0. The number of halogens is 1. The van der Waals surface area contributed by atoms with Gasteiger partial charge in [-0.15, -0.1) is 0 Å². The van der Waals surface area contributed by atoms with Crippen LogP contribution in [0.4, 0.5) is 0 Å². The number of amides is 1. The van der Waals surface area contributed by atoms with Gasteiger partial charge in [0, 0.05) is 11.6 Å². The molecule has 0 aliphatic carbocycles. The molecule has 0 atom stereocenters. The zero-order valence-corrected chi connectivity index (χ0v) is 15.5. The van der Waals surface area contributed by atoms with Gasteiger partial charge < -0.3 is 4.57 Å². The van der Waals surface area contributed by atoms with Gasteiger partial charge in [0.2, 0.25) is 0 Å². The maximum atomic E-state index is 12.4. The van der Waals surface area contributed by atoms with E-state index < -0.39 is 0 Å². The second-order valence-corrected chi connectivity index (χ2v) is 7.29. The fourth-order valence-corrected chi connectivity index (χ4v) is 4.06. The minimum atomic E-state index is -0.127. The summed E-state index contributed by atoms with van der Waals surface area (Å²) in [6.07, 6.45) is 0.319. The van der Waals surface area contributed by atoms with Crippen LogP contribution in [0.3, 0.4) is 0 Å². The number of hydrogen-bond acceptors (Lipinski definition) is 2. The third-order valence-corrected chi connectivity index (χ3v) is 5.38. The van der Waals surface area contributed by atoms with Gasteiger partial charge in [0.25, 0.3) is 5.91 Å². The van der Waals surface area contributed by atoms with Gasteiger partial charge in [-0.25, -0.2) is 0 Å². The Morgan fingerprint density at radius 3 is 2.67 bits per heavy atom. The molecule has 24 heavy (non-hydrogen) atoms. The second kappa shape index (κ2) is 6.91. The Balaban J connectivity index is 1.96. The van der Waals surface area contributed by atoms with E-state index in [9.17, 15) is 4.79 Å². The van der Waals surface area contributed by atoms with Crippen molar-refractivity contribution < 1.29 is 4.79 Å². The standard InChI is InChI=1S/C19H19ClN2OS/c1-4-22-16-8-7-15(20)11-17(16)24-19(22)21-18(23)10-14-6-5-12(2)13(3)9-14/h5-9,11H,4,10H2,1-3H3. The van der Waals surface area contributed by atoms with E-state index in [0.717, 1.165) is 27.1 Å². The Morgan fingerprint density at radius 2 is 1.96 bits per heavy atom. The molecule has 1 heterocycles. The first-order chi connectivity index (χ1) is 11.5. The van der Waals surface area contributed by atoms with Crippen LogP contribution in [0.1, 0.15) is 23.6 Å². The molecule has 124 valence electrons. The number of aromatic nitrogens is 1. The van der Waals surface area contributed by atoms with Crippen molar-refractivity contribution in [3.8, 4) is 0 Å². The molecule has 0 radical (unpaired) electrons. The fourth-order valence-electron chi connectivity index (χ4n) is 2.67. The Morgan fingerprint density at radius 1 is 1.17 bits per heavy atom. The molecule has 0 saturated heterocycles. The number of aryl methyl sites for hydroxylation is 3. The van der Waals surface area contributed by atoms with Crippen molar-refractivity contribution in [3.05, 3.63) is 62.9 Å². The third-order valence-electron chi connectivity index (χ3n) is 4.11. The minimum absolute atomic E-state index is 0.127. The highest BCUT2D eigenvalue weighted by Gasteiger charge is 2.08. The van der Waals surface area contributed by atoms with E-state index in [1.54, 1.807) is 0 Å². The van der Waals surface area contributed by atoms with Gasteiger partial charge in [-0.1, -0.05) is 41.1 Å². The molecule has 0 aliphatic heterocycles. The van der Waals surface area contributed by atoms with Crippen molar-refractivity contribution in [1.29, 1.82) is 0 Å². The van der Waals surface area contributed by atoms with Gasteiger partial charge in [-0.2, -0.15) is 4.99 Å². The Bertz CT molecular complexity index is 985. The first-order valence-electron chi connectivity index (χ1n) is 7.90. The van der Waals surface area contributed by atoms with Crippen molar-refractivity contribution in [3.63, 3.8) is 0 Å². The van der Waals surface area contributed by atoms with Crippen LogP contribution in [0.15, 0.2) is 41.4 Å². The highest BCUT2D eigenvalue weighted by molar-refractivity contribution is 7.16. The fraction of sp³-hybridized carbons (Fsp3) is 0.263. The summed E-state index contributed by atoms with van der Waals surface area (Å²) in [6, 6.07) is 11.9. The number of carbonyl (C=O) groups excluding carboxylic acids is 1. The maximum Gasteiger partial charge on any atom is 0.252 e. The summed E-state index contributed by atoms with van der Waals surface area (Å²) >= 11 is 7.56. The van der Waals surface area contributed by atoms with Crippen LogP contribution >= 0.6 is 22.9 Å². The monoisotopic (exact) mass is 358 g/mol. The van der Waals surface area contributed by atoms with Gasteiger partial charge in [-0.3, -0.25) is 4.79 Å². The van der Waals surface area contributed by atoms with Crippen LogP contribution < -0.4 is 4.80 Å². The molecule has 1 aromatic heterocycles. The van der Waals surface area contributed by atoms with Crippen molar-refractivity contribution in [2.45, 2.75) is 33.7 Å². The molecule has 0 aliphatic rings. The predicted octanol–water partition coefficient (Wildman–Crippen LogP) is 4.66. The number of rotatable bonds is 3. The van der Waals surface area contributed by atoms with E-state index in [2.05, 4.69) is 29.5 Å². The van der Waals surface area contributed by atoms with E-state index in [1.165, 1.54) is 22.5 Å². The lowest BCUT2D eigenvalue weighted by Crippen LogP contribution is -2.16. The van der Waals surface area contributed by atoms with E-state index >= 15 is 0 Å². The van der Waals surface area contributed by atoms with E-state index in [-0.39, 0.29) is 5.91 Å². The number of fused-ring (bicyclic) bond motifs is 1. The summed E-state index contributed by atoms with van der Waals surface area (Å²) in [5, 5.41) is 0.694.